The second kappa shape index (κ2) is 8.40. The third-order valence-corrected chi connectivity index (χ3v) is 7.18. The first kappa shape index (κ1) is 21.5. The maximum atomic E-state index is 13.3. The molecule has 4 rings (SSSR count). The van der Waals surface area contributed by atoms with Crippen molar-refractivity contribution < 1.29 is 19.1 Å². The highest BCUT2D eigenvalue weighted by Gasteiger charge is 2.35. The Kier molecular flexibility index (Phi) is 5.82. The molecule has 0 radical (unpaired) electrons. The van der Waals surface area contributed by atoms with Gasteiger partial charge in [-0.1, -0.05) is 45.4 Å². The number of hydrogen-bond acceptors (Lipinski definition) is 5. The van der Waals surface area contributed by atoms with Crippen molar-refractivity contribution in [3.05, 3.63) is 41.1 Å². The monoisotopic (exact) mass is 422 g/mol. The number of aromatic nitrogens is 1. The fourth-order valence-corrected chi connectivity index (χ4v) is 4.77. The van der Waals surface area contributed by atoms with Crippen LogP contribution in [-0.2, 0) is 27.2 Å². The van der Waals surface area contributed by atoms with Crippen molar-refractivity contribution in [2.24, 2.45) is 11.3 Å². The molecule has 1 aromatic heterocycles. The Morgan fingerprint density at radius 3 is 2.71 bits per heavy atom. The van der Waals surface area contributed by atoms with Gasteiger partial charge in [0.1, 0.15) is 0 Å². The van der Waals surface area contributed by atoms with Gasteiger partial charge in [0, 0.05) is 24.0 Å². The van der Waals surface area contributed by atoms with E-state index < -0.39 is 18.5 Å². The van der Waals surface area contributed by atoms with Crippen LogP contribution in [0.15, 0.2) is 24.3 Å². The lowest BCUT2D eigenvalue weighted by Crippen LogP contribution is -2.35. The van der Waals surface area contributed by atoms with E-state index in [1.54, 1.807) is 0 Å². The fourth-order valence-electron chi connectivity index (χ4n) is 4.77. The van der Waals surface area contributed by atoms with Crippen molar-refractivity contribution >= 4 is 28.7 Å². The molecule has 6 heteroatoms. The zero-order valence-electron chi connectivity index (χ0n) is 18.6. The Labute approximate surface area is 183 Å². The Bertz CT molecular complexity index is 1040. The number of benzene rings is 1. The van der Waals surface area contributed by atoms with Crippen LogP contribution >= 0.6 is 0 Å². The topological polar surface area (TPSA) is 76.6 Å². The lowest BCUT2D eigenvalue weighted by atomic mass is 9.68. The minimum Gasteiger partial charge on any atom is -0.452 e. The predicted molar refractivity (Wildman–Crippen MR) is 118 cm³/mol. The standard InChI is InChI=1S/C25H30N2O4/c1-4-25(2,3)16-11-12-20-18(14-16)23(17-8-5-6-9-19(17)26-20)24(30)31-15-22(29)27-13-7-10-21(27)28/h5-6,8-9,16H,4,7,10-15H2,1-3H3/t16-/m0/s1. The number of carbonyl (C=O) groups is 3. The second-order valence-electron chi connectivity index (χ2n) is 9.33. The summed E-state index contributed by atoms with van der Waals surface area (Å²) in [5, 5.41) is 0.755. The molecule has 0 saturated carbocycles. The van der Waals surface area contributed by atoms with Gasteiger partial charge >= 0.3 is 5.97 Å². The van der Waals surface area contributed by atoms with Gasteiger partial charge in [-0.25, -0.2) is 4.79 Å². The van der Waals surface area contributed by atoms with Crippen molar-refractivity contribution in [1.82, 2.24) is 9.88 Å². The maximum absolute atomic E-state index is 13.3. The molecule has 2 aromatic rings. The molecular formula is C25H30N2O4. The summed E-state index contributed by atoms with van der Waals surface area (Å²) >= 11 is 0. The molecule has 1 fully saturated rings. The summed E-state index contributed by atoms with van der Waals surface area (Å²) in [5.41, 5.74) is 3.36. The van der Waals surface area contributed by atoms with Crippen LogP contribution in [0.2, 0.25) is 0 Å². The van der Waals surface area contributed by atoms with Crippen LogP contribution in [0.3, 0.4) is 0 Å². The maximum Gasteiger partial charge on any atom is 0.339 e. The molecule has 6 nitrogen and oxygen atoms in total. The summed E-state index contributed by atoms with van der Waals surface area (Å²) in [6.07, 6.45) is 4.74. The molecule has 2 aliphatic rings. The van der Waals surface area contributed by atoms with Crippen molar-refractivity contribution in [2.45, 2.75) is 59.3 Å². The van der Waals surface area contributed by atoms with Gasteiger partial charge in [0.2, 0.25) is 5.91 Å². The molecule has 164 valence electrons. The first-order chi connectivity index (χ1) is 14.8. The number of hydrogen-bond donors (Lipinski definition) is 0. The molecule has 0 bridgehead atoms. The van der Waals surface area contributed by atoms with Gasteiger partial charge in [-0.3, -0.25) is 19.5 Å². The quantitative estimate of drug-likeness (QED) is 0.679. The average Bonchev–Trinajstić information content (AvgIpc) is 3.21. The zero-order valence-corrected chi connectivity index (χ0v) is 18.6. The number of amides is 2. The minimum absolute atomic E-state index is 0.163. The number of rotatable bonds is 5. The number of pyridine rings is 1. The van der Waals surface area contributed by atoms with Crippen LogP contribution in [0, 0.1) is 11.3 Å². The lowest BCUT2D eigenvalue weighted by molar-refractivity contribution is -0.143. The van der Waals surface area contributed by atoms with E-state index in [0.717, 1.165) is 47.8 Å². The van der Waals surface area contributed by atoms with Gasteiger partial charge in [0.15, 0.2) is 6.61 Å². The van der Waals surface area contributed by atoms with Crippen LogP contribution in [0.25, 0.3) is 10.9 Å². The number of imide groups is 1. The fraction of sp³-hybridized carbons (Fsp3) is 0.520. The highest BCUT2D eigenvalue weighted by atomic mass is 16.5. The number of nitrogens with zero attached hydrogens (tertiary/aromatic N) is 2. The summed E-state index contributed by atoms with van der Waals surface area (Å²) in [6, 6.07) is 7.59. The number of carbonyl (C=O) groups excluding carboxylic acids is 3. The van der Waals surface area contributed by atoms with E-state index in [0.29, 0.717) is 30.9 Å². The van der Waals surface area contributed by atoms with Crippen molar-refractivity contribution in [3.8, 4) is 0 Å². The number of esters is 1. The van der Waals surface area contributed by atoms with Crippen LogP contribution < -0.4 is 0 Å². The molecule has 0 spiro atoms. The van der Waals surface area contributed by atoms with Crippen molar-refractivity contribution in [1.29, 1.82) is 0 Å². The summed E-state index contributed by atoms with van der Waals surface area (Å²) < 4.78 is 5.46. The highest BCUT2D eigenvalue weighted by molar-refractivity contribution is 6.06. The van der Waals surface area contributed by atoms with Gasteiger partial charge in [0.05, 0.1) is 11.1 Å². The van der Waals surface area contributed by atoms with Gasteiger partial charge < -0.3 is 4.74 Å². The second-order valence-corrected chi connectivity index (χ2v) is 9.33. The number of ether oxygens (including phenoxy) is 1. The van der Waals surface area contributed by atoms with Gasteiger partial charge in [0.25, 0.3) is 5.91 Å². The Morgan fingerprint density at radius 1 is 1.23 bits per heavy atom. The molecule has 2 amide bonds. The average molecular weight is 423 g/mol. The first-order valence-corrected chi connectivity index (χ1v) is 11.2. The van der Waals surface area contributed by atoms with Gasteiger partial charge in [-0.05, 0) is 48.6 Å². The largest absolute Gasteiger partial charge is 0.452 e. The summed E-state index contributed by atoms with van der Waals surface area (Å²) in [4.78, 5) is 43.5. The predicted octanol–water partition coefficient (Wildman–Crippen LogP) is 4.08. The molecule has 1 atom stereocenters. The van der Waals surface area contributed by atoms with E-state index >= 15 is 0 Å². The van der Waals surface area contributed by atoms with Crippen LogP contribution in [0.4, 0.5) is 0 Å². The molecule has 1 aliphatic heterocycles. The van der Waals surface area contributed by atoms with Crippen molar-refractivity contribution in [3.63, 3.8) is 0 Å². The Hall–Kier alpha value is -2.76. The molecule has 1 saturated heterocycles. The SMILES string of the molecule is CCC(C)(C)[C@H]1CCc2nc3ccccc3c(C(=O)OCC(=O)N3CCCC3=O)c2C1. The number of para-hydroxylation sites is 1. The third-order valence-electron chi connectivity index (χ3n) is 7.18. The Morgan fingerprint density at radius 2 is 2.00 bits per heavy atom. The minimum atomic E-state index is -0.509. The zero-order chi connectivity index (χ0) is 22.2. The molecule has 1 aliphatic carbocycles. The number of fused-ring (bicyclic) bond motifs is 2. The smallest absolute Gasteiger partial charge is 0.339 e. The van der Waals surface area contributed by atoms with E-state index in [1.807, 2.05) is 24.3 Å². The van der Waals surface area contributed by atoms with Crippen LogP contribution in [0.1, 0.15) is 68.1 Å². The van der Waals surface area contributed by atoms with Gasteiger partial charge in [-0.2, -0.15) is 0 Å². The molecule has 0 N–H and O–H groups in total. The van der Waals surface area contributed by atoms with E-state index in [9.17, 15) is 14.4 Å². The number of aryl methyl sites for hydroxylation is 1. The molecular weight excluding hydrogens is 392 g/mol. The summed E-state index contributed by atoms with van der Waals surface area (Å²) in [7, 11) is 0. The lowest BCUT2D eigenvalue weighted by Gasteiger charge is -2.37. The van der Waals surface area contributed by atoms with Crippen molar-refractivity contribution in [2.75, 3.05) is 13.2 Å². The number of likely N-dealkylation sites (tertiary alicyclic amines) is 1. The van der Waals surface area contributed by atoms with E-state index in [1.165, 1.54) is 4.90 Å². The summed E-state index contributed by atoms with van der Waals surface area (Å²) in [5.74, 6) is -0.710. The van der Waals surface area contributed by atoms with E-state index in [-0.39, 0.29) is 11.3 Å². The first-order valence-electron chi connectivity index (χ1n) is 11.2. The molecule has 31 heavy (non-hydrogen) atoms. The highest BCUT2D eigenvalue weighted by Crippen LogP contribution is 2.41. The third kappa shape index (κ3) is 4.08. The van der Waals surface area contributed by atoms with Crippen LogP contribution in [-0.4, -0.2) is 40.8 Å². The summed E-state index contributed by atoms with van der Waals surface area (Å²) in [6.45, 7) is 6.74. The van der Waals surface area contributed by atoms with Gasteiger partial charge in [-0.15, -0.1) is 0 Å². The van der Waals surface area contributed by atoms with Crippen LogP contribution in [0.5, 0.6) is 0 Å². The Balaban J connectivity index is 1.66. The molecule has 0 unspecified atom stereocenters. The normalized spacial score (nSPS) is 18.9. The molecule has 2 heterocycles. The van der Waals surface area contributed by atoms with E-state index in [4.69, 9.17) is 9.72 Å². The molecule has 1 aromatic carbocycles. The van der Waals surface area contributed by atoms with E-state index in [2.05, 4.69) is 20.8 Å².